The van der Waals surface area contributed by atoms with Gasteiger partial charge in [-0.1, -0.05) is 30.3 Å². The van der Waals surface area contributed by atoms with Crippen molar-refractivity contribution in [3.63, 3.8) is 0 Å². The molecule has 0 bridgehead atoms. The highest BCUT2D eigenvalue weighted by Crippen LogP contribution is 2.11. The van der Waals surface area contributed by atoms with E-state index in [0.717, 1.165) is 5.56 Å². The SMILES string of the molecule is NC(=O)[C@H](NCl)c1ccccc1. The van der Waals surface area contributed by atoms with Crippen molar-refractivity contribution in [2.24, 2.45) is 5.73 Å². The first-order chi connectivity index (χ1) is 5.75. The van der Waals surface area contributed by atoms with Crippen LogP contribution < -0.4 is 10.6 Å². The number of rotatable bonds is 3. The zero-order chi connectivity index (χ0) is 8.97. The average molecular weight is 185 g/mol. The number of carbonyl (C=O) groups is 1. The second-order valence-electron chi connectivity index (χ2n) is 2.36. The van der Waals surface area contributed by atoms with Crippen LogP contribution in [0.25, 0.3) is 0 Å². The summed E-state index contributed by atoms with van der Waals surface area (Å²) in [5.74, 6) is -0.490. The van der Waals surface area contributed by atoms with Gasteiger partial charge in [-0.2, -0.15) is 0 Å². The number of hydrogen-bond acceptors (Lipinski definition) is 2. The van der Waals surface area contributed by atoms with Crippen molar-refractivity contribution in [3.8, 4) is 0 Å². The molecule has 0 aliphatic rings. The van der Waals surface area contributed by atoms with Gasteiger partial charge in [0.1, 0.15) is 6.04 Å². The molecule has 4 heteroatoms. The fourth-order valence-corrected chi connectivity index (χ4v) is 1.16. The van der Waals surface area contributed by atoms with Crippen LogP contribution in [0.1, 0.15) is 11.6 Å². The van der Waals surface area contributed by atoms with E-state index in [2.05, 4.69) is 4.84 Å². The number of nitrogens with one attached hydrogen (secondary N) is 1. The van der Waals surface area contributed by atoms with Gasteiger partial charge in [0.25, 0.3) is 0 Å². The van der Waals surface area contributed by atoms with E-state index in [0.29, 0.717) is 0 Å². The number of amides is 1. The topological polar surface area (TPSA) is 55.1 Å². The normalized spacial score (nSPS) is 12.4. The maximum absolute atomic E-state index is 10.8. The summed E-state index contributed by atoms with van der Waals surface area (Å²) in [6.07, 6.45) is 0. The predicted octanol–water partition coefficient (Wildman–Crippen LogP) is 0.956. The van der Waals surface area contributed by atoms with Crippen molar-refractivity contribution in [2.75, 3.05) is 0 Å². The third-order valence-electron chi connectivity index (χ3n) is 1.53. The van der Waals surface area contributed by atoms with Crippen LogP contribution in [0.2, 0.25) is 0 Å². The minimum absolute atomic E-state index is 0.490. The number of primary amides is 1. The van der Waals surface area contributed by atoms with Gasteiger partial charge in [-0.15, -0.1) is 0 Å². The second kappa shape index (κ2) is 4.09. The molecule has 12 heavy (non-hydrogen) atoms. The standard InChI is InChI=1S/C8H9ClN2O/c9-11-7(8(10)12)6-4-2-1-3-5-6/h1-5,7,11H,(H2,10,12)/t7-/m1/s1. The molecule has 0 aliphatic carbocycles. The van der Waals surface area contributed by atoms with Gasteiger partial charge in [-0.3, -0.25) is 4.79 Å². The van der Waals surface area contributed by atoms with Crippen LogP contribution in [-0.2, 0) is 4.79 Å². The van der Waals surface area contributed by atoms with E-state index >= 15 is 0 Å². The van der Waals surface area contributed by atoms with E-state index in [1.54, 1.807) is 12.1 Å². The summed E-state index contributed by atoms with van der Waals surface area (Å²) in [4.78, 5) is 13.1. The largest absolute Gasteiger partial charge is 0.368 e. The van der Waals surface area contributed by atoms with Crippen LogP contribution in [0.3, 0.4) is 0 Å². The molecular formula is C8H9ClN2O. The summed E-state index contributed by atoms with van der Waals surface area (Å²) in [6.45, 7) is 0. The number of nitrogens with two attached hydrogens (primary N) is 1. The zero-order valence-electron chi connectivity index (χ0n) is 6.33. The monoisotopic (exact) mass is 184 g/mol. The molecule has 1 aromatic rings. The molecule has 64 valence electrons. The fourth-order valence-electron chi connectivity index (χ4n) is 0.927. The Morgan fingerprint density at radius 2 is 2.00 bits per heavy atom. The van der Waals surface area contributed by atoms with Crippen molar-refractivity contribution < 1.29 is 4.79 Å². The van der Waals surface area contributed by atoms with E-state index in [1.165, 1.54) is 0 Å². The maximum atomic E-state index is 10.8. The van der Waals surface area contributed by atoms with Crippen molar-refractivity contribution in [2.45, 2.75) is 6.04 Å². The molecule has 0 unspecified atom stereocenters. The first-order valence-electron chi connectivity index (χ1n) is 3.46. The van der Waals surface area contributed by atoms with Crippen LogP contribution in [0.15, 0.2) is 30.3 Å². The summed E-state index contributed by atoms with van der Waals surface area (Å²) >= 11 is 5.35. The smallest absolute Gasteiger partial charge is 0.240 e. The third kappa shape index (κ3) is 1.96. The minimum Gasteiger partial charge on any atom is -0.368 e. The lowest BCUT2D eigenvalue weighted by Crippen LogP contribution is -2.28. The lowest BCUT2D eigenvalue weighted by molar-refractivity contribution is -0.119. The zero-order valence-corrected chi connectivity index (χ0v) is 7.08. The molecule has 1 amide bonds. The molecule has 1 atom stereocenters. The first kappa shape index (κ1) is 9.03. The Morgan fingerprint density at radius 1 is 1.42 bits per heavy atom. The Balaban J connectivity index is 2.88. The first-order valence-corrected chi connectivity index (χ1v) is 3.84. The highest BCUT2D eigenvalue weighted by Gasteiger charge is 2.14. The Kier molecular flexibility index (Phi) is 3.08. The van der Waals surface area contributed by atoms with Crippen molar-refractivity contribution in [3.05, 3.63) is 35.9 Å². The molecule has 1 aromatic carbocycles. The third-order valence-corrected chi connectivity index (χ3v) is 1.74. The number of carbonyl (C=O) groups excluding carboxylic acids is 1. The summed E-state index contributed by atoms with van der Waals surface area (Å²) in [5.41, 5.74) is 5.86. The molecule has 0 saturated heterocycles. The molecule has 0 radical (unpaired) electrons. The fraction of sp³-hybridized carbons (Fsp3) is 0.125. The molecule has 0 fully saturated rings. The van der Waals surface area contributed by atoms with Crippen LogP contribution in [0.5, 0.6) is 0 Å². The van der Waals surface area contributed by atoms with Crippen molar-refractivity contribution in [1.82, 2.24) is 4.84 Å². The van der Waals surface area contributed by atoms with E-state index in [4.69, 9.17) is 17.5 Å². The lowest BCUT2D eigenvalue weighted by atomic mass is 10.1. The van der Waals surface area contributed by atoms with Gasteiger partial charge in [0.15, 0.2) is 0 Å². The van der Waals surface area contributed by atoms with E-state index < -0.39 is 11.9 Å². The van der Waals surface area contributed by atoms with Gasteiger partial charge in [-0.05, 0) is 17.3 Å². The Morgan fingerprint density at radius 3 is 2.42 bits per heavy atom. The quantitative estimate of drug-likeness (QED) is 0.688. The van der Waals surface area contributed by atoms with Crippen molar-refractivity contribution >= 4 is 17.7 Å². The Bertz CT molecular complexity index is 263. The van der Waals surface area contributed by atoms with E-state index in [1.807, 2.05) is 18.2 Å². The van der Waals surface area contributed by atoms with Crippen LogP contribution >= 0.6 is 11.8 Å². The number of halogens is 1. The Labute approximate surface area is 75.6 Å². The predicted molar refractivity (Wildman–Crippen MR) is 47.4 cm³/mol. The van der Waals surface area contributed by atoms with Gasteiger partial charge in [0.05, 0.1) is 0 Å². The van der Waals surface area contributed by atoms with Crippen LogP contribution in [0.4, 0.5) is 0 Å². The van der Waals surface area contributed by atoms with Gasteiger partial charge in [0, 0.05) is 0 Å². The minimum atomic E-state index is -0.618. The number of hydrogen-bond donors (Lipinski definition) is 2. The molecule has 3 N–H and O–H groups in total. The van der Waals surface area contributed by atoms with Gasteiger partial charge < -0.3 is 5.73 Å². The molecule has 0 aromatic heterocycles. The van der Waals surface area contributed by atoms with Gasteiger partial charge in [0.2, 0.25) is 5.91 Å². The molecule has 1 rings (SSSR count). The number of benzene rings is 1. The Hall–Kier alpha value is -1.06. The molecule has 0 heterocycles. The second-order valence-corrected chi connectivity index (χ2v) is 2.57. The molecule has 0 saturated carbocycles. The molecule has 3 nitrogen and oxygen atoms in total. The summed E-state index contributed by atoms with van der Waals surface area (Å²) in [5, 5.41) is 0. The van der Waals surface area contributed by atoms with Gasteiger partial charge in [-0.25, -0.2) is 4.84 Å². The maximum Gasteiger partial charge on any atom is 0.240 e. The summed E-state index contributed by atoms with van der Waals surface area (Å²) in [6, 6.07) is 8.44. The molecule has 0 aliphatic heterocycles. The van der Waals surface area contributed by atoms with E-state index in [9.17, 15) is 4.79 Å². The molecular weight excluding hydrogens is 176 g/mol. The van der Waals surface area contributed by atoms with Crippen molar-refractivity contribution in [1.29, 1.82) is 0 Å². The van der Waals surface area contributed by atoms with Crippen LogP contribution in [0, 0.1) is 0 Å². The summed E-state index contributed by atoms with van der Waals surface area (Å²) in [7, 11) is 0. The lowest BCUT2D eigenvalue weighted by Gasteiger charge is -2.09. The van der Waals surface area contributed by atoms with E-state index in [-0.39, 0.29) is 0 Å². The highest BCUT2D eigenvalue weighted by molar-refractivity contribution is 6.15. The van der Waals surface area contributed by atoms with Crippen LogP contribution in [-0.4, -0.2) is 5.91 Å². The van der Waals surface area contributed by atoms with Gasteiger partial charge >= 0.3 is 0 Å². The summed E-state index contributed by atoms with van der Waals surface area (Å²) < 4.78 is 0. The average Bonchev–Trinajstić information content (AvgIpc) is 2.07. The molecule has 0 spiro atoms. The highest BCUT2D eigenvalue weighted by atomic mass is 35.5.